The summed E-state index contributed by atoms with van der Waals surface area (Å²) in [5.41, 5.74) is 0.337. The largest absolute Gasteiger partial charge is 0.481 e. The molecule has 6 heteroatoms. The SMILES string of the molecule is O=C(O)C1CNCC1c1ccc(=O)[nH]n1. The van der Waals surface area contributed by atoms with Gasteiger partial charge < -0.3 is 10.4 Å². The molecule has 0 aliphatic carbocycles. The summed E-state index contributed by atoms with van der Waals surface area (Å²) >= 11 is 0. The van der Waals surface area contributed by atoms with Crippen LogP contribution in [-0.4, -0.2) is 34.4 Å². The van der Waals surface area contributed by atoms with Crippen molar-refractivity contribution in [2.24, 2.45) is 5.92 Å². The van der Waals surface area contributed by atoms with E-state index in [1.54, 1.807) is 6.07 Å². The zero-order valence-corrected chi connectivity index (χ0v) is 7.93. The Balaban J connectivity index is 2.26. The third-order valence-corrected chi connectivity index (χ3v) is 2.61. The van der Waals surface area contributed by atoms with Crippen molar-refractivity contribution in [3.63, 3.8) is 0 Å². The van der Waals surface area contributed by atoms with Crippen LogP contribution in [-0.2, 0) is 4.79 Å². The van der Waals surface area contributed by atoms with Gasteiger partial charge in [-0.05, 0) is 6.07 Å². The molecule has 0 amide bonds. The Morgan fingerprint density at radius 2 is 2.27 bits per heavy atom. The van der Waals surface area contributed by atoms with Gasteiger partial charge in [-0.2, -0.15) is 5.10 Å². The minimum Gasteiger partial charge on any atom is -0.481 e. The summed E-state index contributed by atoms with van der Waals surface area (Å²) in [6.45, 7) is 1.02. The Morgan fingerprint density at radius 3 is 2.87 bits per heavy atom. The smallest absolute Gasteiger partial charge is 0.308 e. The zero-order valence-electron chi connectivity index (χ0n) is 7.93. The number of H-pyrrole nitrogens is 1. The highest BCUT2D eigenvalue weighted by atomic mass is 16.4. The van der Waals surface area contributed by atoms with E-state index in [0.717, 1.165) is 0 Å². The number of aliphatic carboxylic acids is 1. The maximum absolute atomic E-state index is 10.9. The van der Waals surface area contributed by atoms with E-state index in [2.05, 4.69) is 15.5 Å². The lowest BCUT2D eigenvalue weighted by atomic mass is 9.93. The van der Waals surface area contributed by atoms with Crippen molar-refractivity contribution in [2.75, 3.05) is 13.1 Å². The number of aromatic amines is 1. The van der Waals surface area contributed by atoms with Gasteiger partial charge in [-0.25, -0.2) is 5.10 Å². The normalized spacial score (nSPS) is 25.3. The number of carboxylic acids is 1. The second kappa shape index (κ2) is 3.82. The maximum atomic E-state index is 10.9. The highest BCUT2D eigenvalue weighted by Crippen LogP contribution is 2.25. The quantitative estimate of drug-likeness (QED) is 0.590. The van der Waals surface area contributed by atoms with Gasteiger partial charge in [0.1, 0.15) is 0 Å². The number of carboxylic acid groups (broad SMARTS) is 1. The molecule has 1 aliphatic rings. The van der Waals surface area contributed by atoms with Gasteiger partial charge in [0, 0.05) is 25.1 Å². The molecule has 2 atom stereocenters. The number of hydrogen-bond acceptors (Lipinski definition) is 4. The lowest BCUT2D eigenvalue weighted by molar-refractivity contribution is -0.141. The summed E-state index contributed by atoms with van der Waals surface area (Å²) in [6, 6.07) is 2.94. The Kier molecular flexibility index (Phi) is 2.51. The molecule has 80 valence electrons. The van der Waals surface area contributed by atoms with E-state index < -0.39 is 11.9 Å². The van der Waals surface area contributed by atoms with Crippen LogP contribution in [0.15, 0.2) is 16.9 Å². The lowest BCUT2D eigenvalue weighted by Gasteiger charge is -2.12. The fourth-order valence-corrected chi connectivity index (χ4v) is 1.81. The number of rotatable bonds is 2. The van der Waals surface area contributed by atoms with Crippen LogP contribution in [0.3, 0.4) is 0 Å². The van der Waals surface area contributed by atoms with Gasteiger partial charge in [-0.1, -0.05) is 0 Å². The van der Waals surface area contributed by atoms with Crippen LogP contribution in [0.5, 0.6) is 0 Å². The van der Waals surface area contributed by atoms with E-state index >= 15 is 0 Å². The Morgan fingerprint density at radius 1 is 1.47 bits per heavy atom. The molecule has 0 aromatic carbocycles. The first-order valence-corrected chi connectivity index (χ1v) is 4.67. The summed E-state index contributed by atoms with van der Waals surface area (Å²) < 4.78 is 0. The van der Waals surface area contributed by atoms with Crippen molar-refractivity contribution in [3.8, 4) is 0 Å². The van der Waals surface area contributed by atoms with Crippen molar-refractivity contribution in [1.82, 2.24) is 15.5 Å². The Bertz CT molecular complexity index is 408. The lowest BCUT2D eigenvalue weighted by Crippen LogP contribution is -2.22. The second-order valence-corrected chi connectivity index (χ2v) is 3.56. The third-order valence-electron chi connectivity index (χ3n) is 2.61. The van der Waals surface area contributed by atoms with Gasteiger partial charge in [-0.3, -0.25) is 9.59 Å². The van der Waals surface area contributed by atoms with Crippen LogP contribution in [0.1, 0.15) is 11.6 Å². The van der Waals surface area contributed by atoms with E-state index in [1.807, 2.05) is 0 Å². The summed E-state index contributed by atoms with van der Waals surface area (Å²) in [7, 11) is 0. The molecule has 3 N–H and O–H groups in total. The Hall–Kier alpha value is -1.69. The van der Waals surface area contributed by atoms with E-state index in [1.165, 1.54) is 6.07 Å². The topological polar surface area (TPSA) is 95.1 Å². The van der Waals surface area contributed by atoms with Crippen LogP contribution in [0, 0.1) is 5.92 Å². The number of nitrogens with one attached hydrogen (secondary N) is 2. The Labute approximate surface area is 85.3 Å². The molecule has 1 aromatic heterocycles. The summed E-state index contributed by atoms with van der Waals surface area (Å²) in [5, 5.41) is 18.1. The van der Waals surface area contributed by atoms with Crippen LogP contribution < -0.4 is 10.9 Å². The third kappa shape index (κ3) is 1.89. The molecule has 0 saturated carbocycles. The summed E-state index contributed by atoms with van der Waals surface area (Å²) in [5.74, 6) is -1.47. The molecule has 1 aliphatic heterocycles. The van der Waals surface area contributed by atoms with E-state index in [9.17, 15) is 9.59 Å². The number of hydrogen-bond donors (Lipinski definition) is 3. The molecule has 0 bridgehead atoms. The second-order valence-electron chi connectivity index (χ2n) is 3.56. The van der Waals surface area contributed by atoms with Crippen molar-refractivity contribution in [3.05, 3.63) is 28.2 Å². The van der Waals surface area contributed by atoms with Crippen LogP contribution >= 0.6 is 0 Å². The predicted octanol–water partition coefficient (Wildman–Crippen LogP) is -0.842. The molecule has 2 heterocycles. The molecule has 1 aromatic rings. The predicted molar refractivity (Wildman–Crippen MR) is 51.6 cm³/mol. The molecule has 1 saturated heterocycles. The van der Waals surface area contributed by atoms with Crippen molar-refractivity contribution in [1.29, 1.82) is 0 Å². The minimum absolute atomic E-state index is 0.167. The average molecular weight is 209 g/mol. The van der Waals surface area contributed by atoms with Gasteiger partial charge in [-0.15, -0.1) is 0 Å². The van der Waals surface area contributed by atoms with E-state index in [0.29, 0.717) is 18.8 Å². The zero-order chi connectivity index (χ0) is 10.8. The van der Waals surface area contributed by atoms with Crippen molar-refractivity contribution >= 4 is 5.97 Å². The molecule has 15 heavy (non-hydrogen) atoms. The van der Waals surface area contributed by atoms with E-state index in [-0.39, 0.29) is 11.5 Å². The van der Waals surface area contributed by atoms with Gasteiger partial charge in [0.25, 0.3) is 5.56 Å². The molecular formula is C9H11N3O3. The van der Waals surface area contributed by atoms with Gasteiger partial charge >= 0.3 is 5.97 Å². The number of aromatic nitrogens is 2. The molecular weight excluding hydrogens is 198 g/mol. The van der Waals surface area contributed by atoms with E-state index in [4.69, 9.17) is 5.11 Å². The standard InChI is InChI=1S/C9H11N3O3/c13-8-2-1-7(11-12-8)5-3-10-4-6(5)9(14)15/h1-2,5-6,10H,3-4H2,(H,12,13)(H,14,15). The number of nitrogens with zero attached hydrogens (tertiary/aromatic N) is 1. The number of carbonyl (C=O) groups is 1. The summed E-state index contributed by atoms with van der Waals surface area (Å²) in [6.07, 6.45) is 0. The van der Waals surface area contributed by atoms with Crippen LogP contribution in [0.4, 0.5) is 0 Å². The molecule has 2 rings (SSSR count). The molecule has 2 unspecified atom stereocenters. The maximum Gasteiger partial charge on any atom is 0.308 e. The molecule has 0 radical (unpaired) electrons. The average Bonchev–Trinajstić information content (AvgIpc) is 2.67. The first-order valence-electron chi connectivity index (χ1n) is 4.67. The molecule has 1 fully saturated rings. The first kappa shape index (κ1) is 9.85. The fraction of sp³-hybridized carbons (Fsp3) is 0.444. The van der Waals surface area contributed by atoms with Crippen molar-refractivity contribution in [2.45, 2.75) is 5.92 Å². The molecule has 0 spiro atoms. The molecule has 6 nitrogen and oxygen atoms in total. The van der Waals surface area contributed by atoms with Crippen LogP contribution in [0.2, 0.25) is 0 Å². The van der Waals surface area contributed by atoms with Gasteiger partial charge in [0.2, 0.25) is 0 Å². The summed E-state index contributed by atoms with van der Waals surface area (Å²) in [4.78, 5) is 21.7. The van der Waals surface area contributed by atoms with Crippen LogP contribution in [0.25, 0.3) is 0 Å². The first-order chi connectivity index (χ1) is 7.18. The minimum atomic E-state index is -0.835. The fourth-order valence-electron chi connectivity index (χ4n) is 1.81. The van der Waals surface area contributed by atoms with Crippen molar-refractivity contribution < 1.29 is 9.90 Å². The van der Waals surface area contributed by atoms with Gasteiger partial charge in [0.05, 0.1) is 11.6 Å². The monoisotopic (exact) mass is 209 g/mol. The highest BCUT2D eigenvalue weighted by Gasteiger charge is 2.34. The van der Waals surface area contributed by atoms with Gasteiger partial charge in [0.15, 0.2) is 0 Å². The highest BCUT2D eigenvalue weighted by molar-refractivity contribution is 5.72.